The lowest BCUT2D eigenvalue weighted by Crippen LogP contribution is -2.28. The Hall–Kier alpha value is -8.00. The Morgan fingerprint density at radius 2 is 0.677 bits per heavy atom. The van der Waals surface area contributed by atoms with Crippen LogP contribution < -0.4 is 4.90 Å². The van der Waals surface area contributed by atoms with E-state index in [1.165, 1.54) is 66.8 Å². The fraction of sp³-hybridized carbons (Fsp3) is 0.0164. The summed E-state index contributed by atoms with van der Waals surface area (Å²) in [5.41, 5.74) is 19.7. The summed E-state index contributed by atoms with van der Waals surface area (Å²) >= 11 is 0. The molecule has 62 heavy (non-hydrogen) atoms. The van der Waals surface area contributed by atoms with Crippen molar-refractivity contribution in [2.24, 2.45) is 0 Å². The Balaban J connectivity index is 1.24. The van der Waals surface area contributed by atoms with E-state index < -0.39 is 5.41 Å². The molecule has 1 nitrogen and oxygen atoms in total. The van der Waals surface area contributed by atoms with Gasteiger partial charge in [-0.1, -0.05) is 237 Å². The zero-order valence-corrected chi connectivity index (χ0v) is 34.3. The summed E-state index contributed by atoms with van der Waals surface area (Å²) in [4.78, 5) is 2.51. The molecule has 1 heteroatoms. The van der Waals surface area contributed by atoms with Gasteiger partial charge in [-0.2, -0.15) is 0 Å². The topological polar surface area (TPSA) is 3.24 Å². The van der Waals surface area contributed by atoms with Crippen molar-refractivity contribution in [2.45, 2.75) is 5.41 Å². The third kappa shape index (κ3) is 6.17. The average molecular weight is 790 g/mol. The van der Waals surface area contributed by atoms with Crippen LogP contribution in [-0.2, 0) is 5.41 Å². The lowest BCUT2D eigenvalue weighted by molar-refractivity contribution is 0.768. The summed E-state index contributed by atoms with van der Waals surface area (Å²) in [6, 6.07) is 95.3. The number of para-hydroxylation sites is 1. The lowest BCUT2D eigenvalue weighted by atomic mass is 9.68. The van der Waals surface area contributed by atoms with Gasteiger partial charge in [0.05, 0.1) is 16.8 Å². The lowest BCUT2D eigenvalue weighted by Gasteiger charge is -2.34. The van der Waals surface area contributed by atoms with Crippen LogP contribution in [0.4, 0.5) is 17.1 Å². The first kappa shape index (κ1) is 37.0. The zero-order chi connectivity index (χ0) is 41.3. The number of fused-ring (bicyclic) bond motifs is 3. The number of hydrogen-bond donors (Lipinski definition) is 0. The molecule has 0 N–H and O–H groups in total. The van der Waals surface area contributed by atoms with Gasteiger partial charge in [0.25, 0.3) is 0 Å². The maximum absolute atomic E-state index is 2.51. The number of hydrogen-bond acceptors (Lipinski definition) is 1. The van der Waals surface area contributed by atoms with Crippen LogP contribution in [-0.4, -0.2) is 0 Å². The van der Waals surface area contributed by atoms with Crippen molar-refractivity contribution < 1.29 is 0 Å². The second-order valence-electron chi connectivity index (χ2n) is 16.0. The third-order valence-electron chi connectivity index (χ3n) is 12.6. The van der Waals surface area contributed by atoms with E-state index in [1.54, 1.807) is 0 Å². The van der Waals surface area contributed by atoms with Crippen LogP contribution in [0, 0.1) is 0 Å². The molecule has 11 rings (SSSR count). The van der Waals surface area contributed by atoms with E-state index in [2.05, 4.69) is 266 Å². The summed E-state index contributed by atoms with van der Waals surface area (Å²) in [6.07, 6.45) is 0. The Labute approximate surface area is 364 Å². The van der Waals surface area contributed by atoms with Gasteiger partial charge in [-0.3, -0.25) is 0 Å². The van der Waals surface area contributed by atoms with E-state index in [1.807, 2.05) is 0 Å². The fourth-order valence-corrected chi connectivity index (χ4v) is 9.95. The Kier molecular flexibility index (Phi) is 9.48. The van der Waals surface area contributed by atoms with E-state index >= 15 is 0 Å². The van der Waals surface area contributed by atoms with Crippen LogP contribution in [0.2, 0.25) is 0 Å². The van der Waals surface area contributed by atoms with Crippen molar-refractivity contribution in [2.75, 3.05) is 4.90 Å². The Morgan fingerprint density at radius 3 is 1.29 bits per heavy atom. The molecule has 0 radical (unpaired) electrons. The highest BCUT2D eigenvalue weighted by molar-refractivity contribution is 6.03. The van der Waals surface area contributed by atoms with Crippen LogP contribution in [0.3, 0.4) is 0 Å². The average Bonchev–Trinajstić information content (AvgIpc) is 3.66. The van der Waals surface area contributed by atoms with E-state index in [0.717, 1.165) is 28.2 Å². The highest BCUT2D eigenvalue weighted by atomic mass is 15.1. The van der Waals surface area contributed by atoms with E-state index in [0.29, 0.717) is 0 Å². The SMILES string of the molecule is c1ccc(-c2ccccc2-c2c(-c3ccccc3)cccc2N(c2ccc3c(c2)-c2ccccc2C3(c2ccccc2)c2ccccc2)c2ccccc2-c2ccccc2)cc1. The maximum atomic E-state index is 2.51. The number of anilines is 3. The van der Waals surface area contributed by atoms with Crippen molar-refractivity contribution in [3.8, 4) is 55.6 Å². The van der Waals surface area contributed by atoms with E-state index in [-0.39, 0.29) is 0 Å². The normalized spacial score (nSPS) is 12.3. The highest BCUT2D eigenvalue weighted by Crippen LogP contribution is 2.58. The van der Waals surface area contributed by atoms with Crippen LogP contribution >= 0.6 is 0 Å². The number of nitrogens with zero attached hydrogens (tertiary/aromatic N) is 1. The molecule has 1 aliphatic rings. The van der Waals surface area contributed by atoms with Crippen LogP contribution in [0.25, 0.3) is 55.6 Å². The first-order valence-corrected chi connectivity index (χ1v) is 21.4. The molecule has 0 saturated heterocycles. The van der Waals surface area contributed by atoms with Gasteiger partial charge < -0.3 is 4.90 Å². The monoisotopic (exact) mass is 789 g/mol. The predicted molar refractivity (Wildman–Crippen MR) is 260 cm³/mol. The molecule has 0 amide bonds. The van der Waals surface area contributed by atoms with Gasteiger partial charge in [0.1, 0.15) is 0 Å². The molecular formula is C61H43N. The molecule has 0 aliphatic heterocycles. The summed E-state index contributed by atoms with van der Waals surface area (Å²) in [7, 11) is 0. The molecule has 0 saturated carbocycles. The van der Waals surface area contributed by atoms with Crippen LogP contribution in [0.1, 0.15) is 22.3 Å². The molecule has 0 fully saturated rings. The third-order valence-corrected chi connectivity index (χ3v) is 12.6. The predicted octanol–water partition coefficient (Wildman–Crippen LogP) is 16.2. The summed E-state index contributed by atoms with van der Waals surface area (Å²) in [5, 5.41) is 0. The molecule has 0 heterocycles. The minimum atomic E-state index is -0.493. The fourth-order valence-electron chi connectivity index (χ4n) is 9.95. The molecule has 0 aromatic heterocycles. The van der Waals surface area contributed by atoms with Crippen LogP contribution in [0.15, 0.2) is 261 Å². The van der Waals surface area contributed by atoms with Crippen LogP contribution in [0.5, 0.6) is 0 Å². The molecule has 10 aromatic rings. The van der Waals surface area contributed by atoms with Gasteiger partial charge in [0.15, 0.2) is 0 Å². The smallest absolute Gasteiger partial charge is 0.0713 e. The largest absolute Gasteiger partial charge is 0.309 e. The minimum absolute atomic E-state index is 0.493. The molecule has 0 atom stereocenters. The quantitative estimate of drug-likeness (QED) is 0.141. The van der Waals surface area contributed by atoms with Gasteiger partial charge in [0.2, 0.25) is 0 Å². The molecule has 0 spiro atoms. The van der Waals surface area contributed by atoms with Gasteiger partial charge in [-0.15, -0.1) is 0 Å². The second kappa shape index (κ2) is 15.9. The molecule has 0 bridgehead atoms. The van der Waals surface area contributed by atoms with Gasteiger partial charge in [-0.05, 0) is 91.0 Å². The summed E-state index contributed by atoms with van der Waals surface area (Å²) < 4.78 is 0. The molecule has 10 aromatic carbocycles. The van der Waals surface area contributed by atoms with Crippen molar-refractivity contribution in [1.29, 1.82) is 0 Å². The summed E-state index contributed by atoms with van der Waals surface area (Å²) in [6.45, 7) is 0. The first-order valence-electron chi connectivity index (χ1n) is 21.4. The van der Waals surface area contributed by atoms with Crippen molar-refractivity contribution >= 4 is 17.1 Å². The maximum Gasteiger partial charge on any atom is 0.0713 e. The molecule has 1 aliphatic carbocycles. The van der Waals surface area contributed by atoms with Crippen molar-refractivity contribution in [3.05, 3.63) is 283 Å². The summed E-state index contributed by atoms with van der Waals surface area (Å²) in [5.74, 6) is 0. The zero-order valence-electron chi connectivity index (χ0n) is 34.3. The van der Waals surface area contributed by atoms with E-state index in [9.17, 15) is 0 Å². The number of benzene rings is 10. The van der Waals surface area contributed by atoms with Gasteiger partial charge >= 0.3 is 0 Å². The minimum Gasteiger partial charge on any atom is -0.309 e. The van der Waals surface area contributed by atoms with Gasteiger partial charge in [0, 0.05) is 16.8 Å². The van der Waals surface area contributed by atoms with Crippen molar-refractivity contribution in [1.82, 2.24) is 0 Å². The van der Waals surface area contributed by atoms with Gasteiger partial charge in [-0.25, -0.2) is 0 Å². The van der Waals surface area contributed by atoms with E-state index in [4.69, 9.17) is 0 Å². The number of rotatable bonds is 9. The van der Waals surface area contributed by atoms with Crippen molar-refractivity contribution in [3.63, 3.8) is 0 Å². The molecule has 0 unspecified atom stereocenters. The second-order valence-corrected chi connectivity index (χ2v) is 16.0. The highest BCUT2D eigenvalue weighted by Gasteiger charge is 2.46. The standard InChI is InChI=1S/C61H43N/c1-6-23-44(24-7-1)50-33-16-17-36-54(50)60-52(46-27-10-3-11-28-46)37-22-40-59(60)62(58-39-21-19-34-51(58)45-25-8-2-9-26-45)49-41-42-57-55(43-49)53-35-18-20-38-56(53)61(57,47-29-12-4-13-30-47)48-31-14-5-15-32-48/h1-43H. The first-order chi connectivity index (χ1) is 30.8. The Bertz CT molecular complexity index is 3120. The molecule has 292 valence electrons. The molecular weight excluding hydrogens is 747 g/mol. The Morgan fingerprint density at radius 1 is 0.258 bits per heavy atom.